The number of amides is 2. The predicted molar refractivity (Wildman–Crippen MR) is 122 cm³/mol. The molecule has 1 aliphatic rings. The summed E-state index contributed by atoms with van der Waals surface area (Å²) < 4.78 is 18.3. The van der Waals surface area contributed by atoms with Crippen molar-refractivity contribution in [2.24, 2.45) is 5.16 Å². The lowest BCUT2D eigenvalue weighted by atomic mass is 9.85. The van der Waals surface area contributed by atoms with E-state index in [4.69, 9.17) is 15.1 Å². The minimum atomic E-state index is -4.42. The van der Waals surface area contributed by atoms with E-state index in [1.54, 1.807) is 0 Å². The fourth-order valence-electron chi connectivity index (χ4n) is 3.30. The third-order valence-corrected chi connectivity index (χ3v) is 7.46. The lowest BCUT2D eigenvalue weighted by Crippen LogP contribution is -2.75. The van der Waals surface area contributed by atoms with Crippen molar-refractivity contribution in [2.45, 2.75) is 39.0 Å². The van der Waals surface area contributed by atoms with Gasteiger partial charge in [-0.25, -0.2) is 14.2 Å². The Morgan fingerprint density at radius 3 is 2.69 bits per heavy atom. The molecule has 15 nitrogen and oxygen atoms in total. The number of oxime groups is 1. The largest absolute Gasteiger partial charge is 0.503 e. The highest BCUT2D eigenvalue weighted by molar-refractivity contribution is 7.51. The Kier molecular flexibility index (Phi) is 7.21. The molecule has 1 fully saturated rings. The molecule has 17 heteroatoms. The van der Waals surface area contributed by atoms with Crippen molar-refractivity contribution in [1.82, 2.24) is 19.7 Å². The first-order chi connectivity index (χ1) is 16.3. The van der Waals surface area contributed by atoms with Crippen molar-refractivity contribution in [1.29, 1.82) is 0 Å². The van der Waals surface area contributed by atoms with Gasteiger partial charge in [-0.1, -0.05) is 5.16 Å². The number of nitrogens with two attached hydrogens (primary N) is 1. The molecule has 3 heterocycles. The number of β-lactam (4-membered cyclic amide) rings is 1. The molecule has 0 saturated carbocycles. The normalized spacial score (nSPS) is 19.1. The number of aromatic nitrogens is 2. The minimum absolute atomic E-state index is 0.0145. The summed E-state index contributed by atoms with van der Waals surface area (Å²) in [5.41, 5.74) is 3.13. The van der Waals surface area contributed by atoms with Crippen LogP contribution in [0.3, 0.4) is 0 Å². The first kappa shape index (κ1) is 26.2. The third-order valence-electron chi connectivity index (χ3n) is 4.97. The molecule has 1 unspecified atom stereocenters. The van der Waals surface area contributed by atoms with Gasteiger partial charge in [0.2, 0.25) is 5.43 Å². The molecule has 1 saturated heterocycles. The molecule has 3 rings (SSSR count). The van der Waals surface area contributed by atoms with E-state index in [0.717, 1.165) is 23.6 Å². The Morgan fingerprint density at radius 2 is 2.11 bits per heavy atom. The van der Waals surface area contributed by atoms with Crippen molar-refractivity contribution >= 4 is 41.7 Å². The lowest BCUT2D eigenvalue weighted by molar-refractivity contribution is -0.153. The Labute approximate surface area is 201 Å². The van der Waals surface area contributed by atoms with Crippen LogP contribution in [0.1, 0.15) is 32.2 Å². The molecule has 6 N–H and O–H groups in total. The van der Waals surface area contributed by atoms with Gasteiger partial charge in [0.1, 0.15) is 17.4 Å². The van der Waals surface area contributed by atoms with Crippen LogP contribution in [-0.2, 0) is 30.1 Å². The summed E-state index contributed by atoms with van der Waals surface area (Å²) in [5.74, 6) is -2.43. The first-order valence-corrected chi connectivity index (χ1v) is 12.4. The second-order valence-electron chi connectivity index (χ2n) is 7.76. The fraction of sp³-hybridized carbons (Fsp3) is 0.389. The summed E-state index contributed by atoms with van der Waals surface area (Å²) in [5, 5.41) is 26.8. The average molecular weight is 530 g/mol. The van der Waals surface area contributed by atoms with Gasteiger partial charge in [-0.15, -0.1) is 11.3 Å². The Hall–Kier alpha value is -3.46. The van der Waals surface area contributed by atoms with E-state index in [2.05, 4.69) is 15.5 Å². The Bertz CT molecular complexity index is 1290. The maximum absolute atomic E-state index is 13.0. The summed E-state index contributed by atoms with van der Waals surface area (Å²) in [6.45, 7) is 3.86. The topological polar surface area (TPSA) is 219 Å². The number of carbonyl (C=O) groups is 2. The molecule has 1 aliphatic heterocycles. The number of hydrogen-bond donors (Lipinski definition) is 5. The van der Waals surface area contributed by atoms with Crippen molar-refractivity contribution in [2.75, 3.05) is 12.3 Å². The van der Waals surface area contributed by atoms with E-state index in [1.165, 1.54) is 26.2 Å². The van der Waals surface area contributed by atoms with E-state index in [0.29, 0.717) is 9.40 Å². The lowest BCUT2D eigenvalue weighted by Gasteiger charge is -2.53. The average Bonchev–Trinajstić information content (AvgIpc) is 3.18. The number of pyridine rings is 1. The van der Waals surface area contributed by atoms with Crippen LogP contribution < -0.4 is 16.5 Å². The Morgan fingerprint density at radius 1 is 1.43 bits per heavy atom. The van der Waals surface area contributed by atoms with Gasteiger partial charge in [-0.3, -0.25) is 18.9 Å². The number of nitrogen functional groups attached to an aromatic ring is 1. The molecule has 0 spiro atoms. The van der Waals surface area contributed by atoms with Gasteiger partial charge in [-0.2, -0.15) is 4.73 Å². The smallest absolute Gasteiger partial charge is 0.435 e. The highest BCUT2D eigenvalue weighted by Gasteiger charge is 2.62. The zero-order valence-corrected chi connectivity index (χ0v) is 20.4. The molecule has 0 radical (unpaired) electrons. The number of thiazole rings is 1. The molecule has 2 amide bonds. The molecular formula is C18H23N6O9PS. The number of nitrogens with zero attached hydrogens (tertiary/aromatic N) is 4. The van der Waals surface area contributed by atoms with Gasteiger partial charge in [-0.05, 0) is 20.8 Å². The van der Waals surface area contributed by atoms with Gasteiger partial charge in [0.05, 0.1) is 18.3 Å². The molecule has 0 bridgehead atoms. The minimum Gasteiger partial charge on any atom is -0.503 e. The third kappa shape index (κ3) is 5.14. The molecule has 2 atom stereocenters. The monoisotopic (exact) mass is 530 g/mol. The van der Waals surface area contributed by atoms with E-state index in [-0.39, 0.29) is 28.8 Å². The summed E-state index contributed by atoms with van der Waals surface area (Å²) in [7, 11) is -4.42. The van der Waals surface area contributed by atoms with Crippen LogP contribution in [0.4, 0.5) is 5.13 Å². The van der Waals surface area contributed by atoms with E-state index < -0.39 is 48.9 Å². The fourth-order valence-corrected chi connectivity index (χ4v) is 5.44. The maximum atomic E-state index is 13.0. The van der Waals surface area contributed by atoms with Crippen LogP contribution in [0.15, 0.2) is 27.6 Å². The summed E-state index contributed by atoms with van der Waals surface area (Å²) in [6.07, 6.45) is 0.762. The van der Waals surface area contributed by atoms with Gasteiger partial charge < -0.3 is 31.1 Å². The van der Waals surface area contributed by atoms with Gasteiger partial charge in [0.25, 0.3) is 11.8 Å². The first-order valence-electron chi connectivity index (χ1n) is 9.97. The van der Waals surface area contributed by atoms with Crippen molar-refractivity contribution < 1.29 is 38.7 Å². The van der Waals surface area contributed by atoms with Crippen molar-refractivity contribution in [3.63, 3.8) is 0 Å². The number of hydrogen-bond acceptors (Lipinski definition) is 12. The van der Waals surface area contributed by atoms with Gasteiger partial charge >= 0.3 is 7.75 Å². The molecular weight excluding hydrogens is 507 g/mol. The van der Waals surface area contributed by atoms with Crippen LogP contribution in [-0.4, -0.2) is 65.3 Å². The van der Waals surface area contributed by atoms with Crippen LogP contribution in [0, 0.1) is 0 Å². The number of carbonyl (C=O) groups excluding carboxylic acids is 2. The van der Waals surface area contributed by atoms with Gasteiger partial charge in [0.15, 0.2) is 23.2 Å². The number of nitrogens with one attached hydrogen (secondary N) is 1. The number of anilines is 1. The Balaban J connectivity index is 1.81. The quantitative estimate of drug-likeness (QED) is 0.0954. The second-order valence-corrected chi connectivity index (χ2v) is 10.3. The number of aromatic hydroxyl groups is 1. The van der Waals surface area contributed by atoms with Crippen molar-refractivity contribution in [3.8, 4) is 5.75 Å². The highest BCUT2D eigenvalue weighted by Crippen LogP contribution is 2.56. The standard InChI is InChI=1S/C18H23N6O9PS/c1-4-33-34(30,31)24-16(28)14(18(24,2)3)21-15(27)13(10-8-35-17(19)20-10)22-32-7-9-5-11(25)12(26)6-23(9)29/h5-6,8,14,26,29H,4,7H2,1-3H3,(H2,19,20)(H,21,27)(H,30,31)/b22-13-/t14-/m1/s1. The molecule has 2 aromatic rings. The molecule has 0 aliphatic carbocycles. The molecule has 0 aromatic carbocycles. The molecule has 190 valence electrons. The van der Waals surface area contributed by atoms with Crippen LogP contribution in [0.25, 0.3) is 0 Å². The zero-order valence-electron chi connectivity index (χ0n) is 18.7. The van der Waals surface area contributed by atoms with Crippen molar-refractivity contribution in [3.05, 3.63) is 39.3 Å². The summed E-state index contributed by atoms with van der Waals surface area (Å²) in [4.78, 5) is 56.3. The summed E-state index contributed by atoms with van der Waals surface area (Å²) >= 11 is 1.01. The van der Waals surface area contributed by atoms with E-state index in [1.807, 2.05) is 0 Å². The maximum Gasteiger partial charge on any atom is 0.435 e. The molecule has 35 heavy (non-hydrogen) atoms. The van der Waals surface area contributed by atoms with Gasteiger partial charge in [0, 0.05) is 11.4 Å². The highest BCUT2D eigenvalue weighted by atomic mass is 32.1. The molecule has 2 aromatic heterocycles. The number of rotatable bonds is 9. The van der Waals surface area contributed by atoms with Crippen LogP contribution in [0.5, 0.6) is 5.75 Å². The van der Waals surface area contributed by atoms with Crippen LogP contribution in [0.2, 0.25) is 0 Å². The van der Waals surface area contributed by atoms with E-state index >= 15 is 0 Å². The SMILES string of the molecule is CCOP(=O)(O)N1C(=O)[C@@H](NC(=O)/C(=N\OCc2cc(=O)c(O)cn2O)c2csc(N)n2)C1(C)C. The predicted octanol–water partition coefficient (Wildman–Crippen LogP) is -0.00670. The summed E-state index contributed by atoms with van der Waals surface area (Å²) in [6, 6.07) is -0.293. The second kappa shape index (κ2) is 9.65. The zero-order chi connectivity index (χ0) is 26.1. The van der Waals surface area contributed by atoms with E-state index in [9.17, 15) is 34.2 Å². The van der Waals surface area contributed by atoms with Crippen LogP contribution >= 0.6 is 19.1 Å².